The van der Waals surface area contributed by atoms with Gasteiger partial charge in [0.15, 0.2) is 0 Å². The molecule has 0 saturated carbocycles. The largest absolute Gasteiger partial charge is 0.348 e. The Hall–Kier alpha value is -1.97. The van der Waals surface area contributed by atoms with E-state index in [1.807, 2.05) is 18.2 Å². The van der Waals surface area contributed by atoms with Crippen molar-refractivity contribution in [2.75, 3.05) is 0 Å². The second-order valence-corrected chi connectivity index (χ2v) is 4.29. The van der Waals surface area contributed by atoms with Crippen molar-refractivity contribution in [1.29, 1.82) is 0 Å². The lowest BCUT2D eigenvalue weighted by molar-refractivity contribution is -0.132. The zero-order chi connectivity index (χ0) is 13.7. The SMILES string of the molecule is CC(=O)NC(c1ccccc1)C(C(C)=O)C(C)=O. The fourth-order valence-corrected chi connectivity index (χ4v) is 1.99. The third kappa shape index (κ3) is 3.52. The Morgan fingerprint density at radius 1 is 0.944 bits per heavy atom. The maximum absolute atomic E-state index is 11.6. The molecule has 1 unspecified atom stereocenters. The van der Waals surface area contributed by atoms with Crippen LogP contribution in [0.2, 0.25) is 0 Å². The third-order valence-corrected chi connectivity index (χ3v) is 2.73. The molecule has 1 rings (SSSR count). The van der Waals surface area contributed by atoms with Crippen LogP contribution >= 0.6 is 0 Å². The summed E-state index contributed by atoms with van der Waals surface area (Å²) in [7, 11) is 0. The molecule has 0 radical (unpaired) electrons. The van der Waals surface area contributed by atoms with Crippen LogP contribution in [0.15, 0.2) is 30.3 Å². The summed E-state index contributed by atoms with van der Waals surface area (Å²) < 4.78 is 0. The molecule has 0 spiro atoms. The molecule has 0 fully saturated rings. The van der Waals surface area contributed by atoms with Gasteiger partial charge in [-0.2, -0.15) is 0 Å². The number of ketones is 2. The van der Waals surface area contributed by atoms with Crippen LogP contribution in [0.5, 0.6) is 0 Å². The molecule has 96 valence electrons. The molecular formula is C14H17NO3. The predicted octanol–water partition coefficient (Wildman–Crippen LogP) is 1.66. The van der Waals surface area contributed by atoms with Gasteiger partial charge in [-0.3, -0.25) is 14.4 Å². The Kier molecular flexibility index (Phi) is 4.77. The van der Waals surface area contributed by atoms with Crippen LogP contribution in [0.3, 0.4) is 0 Å². The van der Waals surface area contributed by atoms with E-state index in [0.29, 0.717) is 0 Å². The van der Waals surface area contributed by atoms with E-state index in [0.717, 1.165) is 5.56 Å². The molecule has 0 aliphatic heterocycles. The highest BCUT2D eigenvalue weighted by atomic mass is 16.2. The molecule has 0 bridgehead atoms. The van der Waals surface area contributed by atoms with Crippen LogP contribution in [-0.4, -0.2) is 17.5 Å². The first-order valence-electron chi connectivity index (χ1n) is 5.76. The van der Waals surface area contributed by atoms with Gasteiger partial charge in [0, 0.05) is 6.92 Å². The van der Waals surface area contributed by atoms with Gasteiger partial charge in [0.1, 0.15) is 17.5 Å². The van der Waals surface area contributed by atoms with Crippen molar-refractivity contribution in [3.8, 4) is 0 Å². The summed E-state index contributed by atoms with van der Waals surface area (Å²) >= 11 is 0. The van der Waals surface area contributed by atoms with E-state index < -0.39 is 12.0 Å². The van der Waals surface area contributed by atoms with Crippen molar-refractivity contribution >= 4 is 17.5 Å². The first-order chi connectivity index (χ1) is 8.43. The zero-order valence-electron chi connectivity index (χ0n) is 10.8. The topological polar surface area (TPSA) is 63.2 Å². The van der Waals surface area contributed by atoms with Crippen LogP contribution in [0.4, 0.5) is 0 Å². The van der Waals surface area contributed by atoms with Gasteiger partial charge in [0.2, 0.25) is 5.91 Å². The van der Waals surface area contributed by atoms with Crippen LogP contribution < -0.4 is 5.32 Å². The van der Waals surface area contributed by atoms with Crippen molar-refractivity contribution in [2.45, 2.75) is 26.8 Å². The standard InChI is InChI=1S/C14H17NO3/c1-9(16)13(10(2)17)14(15-11(3)18)12-7-5-4-6-8-12/h4-8,13-14H,1-3H3,(H,15,18). The average Bonchev–Trinajstić information content (AvgIpc) is 2.27. The van der Waals surface area contributed by atoms with E-state index >= 15 is 0 Å². The first kappa shape index (κ1) is 14.1. The normalized spacial score (nSPS) is 12.0. The molecule has 4 nitrogen and oxygen atoms in total. The number of hydrogen-bond acceptors (Lipinski definition) is 3. The molecule has 0 aromatic heterocycles. The number of benzene rings is 1. The molecule has 1 aromatic rings. The van der Waals surface area contributed by atoms with Gasteiger partial charge in [-0.25, -0.2) is 0 Å². The highest BCUT2D eigenvalue weighted by Gasteiger charge is 2.31. The summed E-state index contributed by atoms with van der Waals surface area (Å²) in [6.07, 6.45) is 0. The van der Waals surface area contributed by atoms with E-state index in [-0.39, 0.29) is 17.5 Å². The third-order valence-electron chi connectivity index (χ3n) is 2.73. The van der Waals surface area contributed by atoms with Gasteiger partial charge < -0.3 is 5.32 Å². The molecule has 18 heavy (non-hydrogen) atoms. The van der Waals surface area contributed by atoms with Crippen LogP contribution in [0, 0.1) is 5.92 Å². The van der Waals surface area contributed by atoms with Gasteiger partial charge >= 0.3 is 0 Å². The molecule has 1 atom stereocenters. The average molecular weight is 247 g/mol. The van der Waals surface area contributed by atoms with Crippen molar-refractivity contribution < 1.29 is 14.4 Å². The number of amides is 1. The van der Waals surface area contributed by atoms with Crippen molar-refractivity contribution in [2.24, 2.45) is 5.92 Å². The lowest BCUT2D eigenvalue weighted by atomic mass is 9.87. The molecular weight excluding hydrogens is 230 g/mol. The fourth-order valence-electron chi connectivity index (χ4n) is 1.99. The van der Waals surface area contributed by atoms with E-state index in [4.69, 9.17) is 0 Å². The van der Waals surface area contributed by atoms with E-state index in [1.54, 1.807) is 12.1 Å². The molecule has 1 amide bonds. The summed E-state index contributed by atoms with van der Waals surface area (Å²) in [6, 6.07) is 8.44. The number of Topliss-reactive ketones (excluding diaryl/α,β-unsaturated/α-hetero) is 2. The second kappa shape index (κ2) is 6.10. The number of nitrogens with one attached hydrogen (secondary N) is 1. The number of rotatable bonds is 5. The Balaban J connectivity index is 3.15. The molecule has 1 aromatic carbocycles. The highest BCUT2D eigenvalue weighted by Crippen LogP contribution is 2.23. The predicted molar refractivity (Wildman–Crippen MR) is 67.9 cm³/mol. The lowest BCUT2D eigenvalue weighted by Gasteiger charge is -2.24. The van der Waals surface area contributed by atoms with E-state index in [2.05, 4.69) is 5.32 Å². The maximum Gasteiger partial charge on any atom is 0.217 e. The van der Waals surface area contributed by atoms with E-state index in [1.165, 1.54) is 20.8 Å². The monoisotopic (exact) mass is 247 g/mol. The van der Waals surface area contributed by atoms with Crippen LogP contribution in [0.1, 0.15) is 32.4 Å². The minimum Gasteiger partial charge on any atom is -0.348 e. The quantitative estimate of drug-likeness (QED) is 0.805. The fraction of sp³-hybridized carbons (Fsp3) is 0.357. The van der Waals surface area contributed by atoms with Crippen molar-refractivity contribution in [3.05, 3.63) is 35.9 Å². The molecule has 0 saturated heterocycles. The zero-order valence-corrected chi connectivity index (χ0v) is 10.8. The lowest BCUT2D eigenvalue weighted by Crippen LogP contribution is -2.38. The maximum atomic E-state index is 11.6. The molecule has 0 aliphatic carbocycles. The van der Waals surface area contributed by atoms with Gasteiger partial charge in [-0.1, -0.05) is 30.3 Å². The minimum atomic E-state index is -0.837. The van der Waals surface area contributed by atoms with Crippen molar-refractivity contribution in [3.63, 3.8) is 0 Å². The second-order valence-electron chi connectivity index (χ2n) is 4.29. The number of carbonyl (C=O) groups is 3. The minimum absolute atomic E-state index is 0.245. The number of carbonyl (C=O) groups excluding carboxylic acids is 3. The Labute approximate surface area is 106 Å². The smallest absolute Gasteiger partial charge is 0.217 e. The van der Waals surface area contributed by atoms with Crippen LogP contribution in [0.25, 0.3) is 0 Å². The Morgan fingerprint density at radius 2 is 1.44 bits per heavy atom. The summed E-state index contributed by atoms with van der Waals surface area (Å²) in [4.78, 5) is 34.5. The van der Waals surface area contributed by atoms with Gasteiger partial charge in [0.25, 0.3) is 0 Å². The summed E-state index contributed by atoms with van der Waals surface area (Å²) in [5, 5.41) is 2.68. The molecule has 4 heteroatoms. The van der Waals surface area contributed by atoms with E-state index in [9.17, 15) is 14.4 Å². The Bertz CT molecular complexity index is 439. The van der Waals surface area contributed by atoms with Gasteiger partial charge in [0.05, 0.1) is 6.04 Å². The van der Waals surface area contributed by atoms with Crippen molar-refractivity contribution in [1.82, 2.24) is 5.32 Å². The first-order valence-corrected chi connectivity index (χ1v) is 5.76. The summed E-state index contributed by atoms with van der Waals surface area (Å²) in [6.45, 7) is 4.10. The molecule has 0 heterocycles. The molecule has 1 N–H and O–H groups in total. The van der Waals surface area contributed by atoms with Crippen LogP contribution in [-0.2, 0) is 14.4 Å². The highest BCUT2D eigenvalue weighted by molar-refractivity contribution is 6.01. The van der Waals surface area contributed by atoms with Gasteiger partial charge in [-0.15, -0.1) is 0 Å². The Morgan fingerprint density at radius 3 is 1.83 bits per heavy atom. The molecule has 0 aliphatic rings. The summed E-state index contributed by atoms with van der Waals surface area (Å²) in [5.41, 5.74) is 0.753. The van der Waals surface area contributed by atoms with Gasteiger partial charge in [-0.05, 0) is 19.4 Å². The summed E-state index contributed by atoms with van der Waals surface area (Å²) in [5.74, 6) is -1.59. The number of hydrogen-bond donors (Lipinski definition) is 1.